The maximum Gasteiger partial charge on any atom is 0.264 e. The molecule has 1 N–H and O–H groups in total. The van der Waals surface area contributed by atoms with E-state index in [-0.39, 0.29) is 11.0 Å². The van der Waals surface area contributed by atoms with Crippen molar-refractivity contribution in [1.82, 2.24) is 9.97 Å². The lowest BCUT2D eigenvalue weighted by Gasteiger charge is -2.19. The van der Waals surface area contributed by atoms with Crippen molar-refractivity contribution in [2.24, 2.45) is 0 Å². The van der Waals surface area contributed by atoms with E-state index in [1.807, 2.05) is 6.92 Å². The summed E-state index contributed by atoms with van der Waals surface area (Å²) in [5.41, 5.74) is 0.787. The molecule has 0 saturated heterocycles. The molecule has 4 heteroatoms. The molecule has 0 aromatic carbocycles. The van der Waals surface area contributed by atoms with E-state index in [2.05, 4.69) is 53.3 Å². The van der Waals surface area contributed by atoms with Crippen LogP contribution in [-0.2, 0) is 11.8 Å². The molecule has 0 aliphatic heterocycles. The molecular weight excluding hydrogens is 291 g/mol. The number of halogens is 1. The van der Waals surface area contributed by atoms with Crippen LogP contribution in [0, 0.1) is 3.57 Å². The normalized spacial score (nSPS) is 11.8. The van der Waals surface area contributed by atoms with Crippen molar-refractivity contribution in [1.29, 1.82) is 0 Å². The Balaban J connectivity index is 3.43. The maximum atomic E-state index is 11.6. The lowest BCUT2D eigenvalue weighted by atomic mass is 9.92. The zero-order valence-corrected chi connectivity index (χ0v) is 11.1. The van der Waals surface area contributed by atoms with Crippen LogP contribution >= 0.6 is 22.6 Å². The Morgan fingerprint density at radius 1 is 1.43 bits per heavy atom. The fraction of sp³-hybridized carbons (Fsp3) is 0.600. The summed E-state index contributed by atoms with van der Waals surface area (Å²) in [6, 6.07) is 0. The smallest absolute Gasteiger partial charge is 0.264 e. The fourth-order valence-electron chi connectivity index (χ4n) is 1.17. The van der Waals surface area contributed by atoms with Gasteiger partial charge >= 0.3 is 0 Å². The highest BCUT2D eigenvalue weighted by Crippen LogP contribution is 2.22. The Kier molecular flexibility index (Phi) is 3.34. The van der Waals surface area contributed by atoms with Gasteiger partial charge in [0.15, 0.2) is 0 Å². The lowest BCUT2D eigenvalue weighted by Crippen LogP contribution is -2.25. The molecule has 0 fully saturated rings. The molecule has 0 spiro atoms. The first-order valence-electron chi connectivity index (χ1n) is 4.65. The summed E-state index contributed by atoms with van der Waals surface area (Å²) < 4.78 is 0.701. The van der Waals surface area contributed by atoms with Crippen LogP contribution < -0.4 is 5.56 Å². The number of hydrogen-bond donors (Lipinski definition) is 1. The van der Waals surface area contributed by atoms with Gasteiger partial charge in [-0.25, -0.2) is 4.98 Å². The number of nitrogens with zero attached hydrogens (tertiary/aromatic N) is 1. The van der Waals surface area contributed by atoms with Crippen molar-refractivity contribution >= 4 is 22.6 Å². The standard InChI is InChI=1S/C10H15IN2O/c1-5-6-12-8(10(2,3)4)7(11)9(14)13-6/h5H2,1-4H3,(H,12,13,14). The first kappa shape index (κ1) is 11.7. The van der Waals surface area contributed by atoms with Crippen molar-refractivity contribution < 1.29 is 0 Å². The molecule has 0 aliphatic carbocycles. The second kappa shape index (κ2) is 4.00. The van der Waals surface area contributed by atoms with Crippen LogP contribution in [0.25, 0.3) is 0 Å². The summed E-state index contributed by atoms with van der Waals surface area (Å²) in [7, 11) is 0. The molecule has 0 bridgehead atoms. The van der Waals surface area contributed by atoms with Gasteiger partial charge in [0.1, 0.15) is 9.39 Å². The summed E-state index contributed by atoms with van der Waals surface area (Å²) in [4.78, 5) is 18.8. The molecule has 1 rings (SSSR count). The first-order chi connectivity index (χ1) is 6.36. The summed E-state index contributed by atoms with van der Waals surface area (Å²) in [5, 5.41) is 0. The first-order valence-corrected chi connectivity index (χ1v) is 5.73. The van der Waals surface area contributed by atoms with E-state index in [0.717, 1.165) is 17.9 Å². The molecule has 1 heterocycles. The van der Waals surface area contributed by atoms with Crippen LogP contribution in [0.4, 0.5) is 0 Å². The van der Waals surface area contributed by atoms with E-state index >= 15 is 0 Å². The highest BCUT2D eigenvalue weighted by atomic mass is 127. The van der Waals surface area contributed by atoms with Gasteiger partial charge in [-0.15, -0.1) is 0 Å². The number of aryl methyl sites for hydroxylation is 1. The molecule has 0 aliphatic rings. The molecular formula is C10H15IN2O. The van der Waals surface area contributed by atoms with Gasteiger partial charge in [-0.05, 0) is 22.6 Å². The Bertz CT molecular complexity index is 390. The van der Waals surface area contributed by atoms with Gasteiger partial charge in [-0.3, -0.25) is 4.79 Å². The number of nitrogens with one attached hydrogen (secondary N) is 1. The zero-order valence-electron chi connectivity index (χ0n) is 8.94. The van der Waals surface area contributed by atoms with Gasteiger partial charge in [-0.1, -0.05) is 27.7 Å². The highest BCUT2D eigenvalue weighted by Gasteiger charge is 2.21. The third kappa shape index (κ3) is 2.34. The third-order valence-corrected chi connectivity index (χ3v) is 2.96. The largest absolute Gasteiger partial charge is 0.310 e. The zero-order chi connectivity index (χ0) is 10.9. The summed E-state index contributed by atoms with van der Waals surface area (Å²) >= 11 is 2.06. The Morgan fingerprint density at radius 3 is 2.43 bits per heavy atom. The lowest BCUT2D eigenvalue weighted by molar-refractivity contribution is 0.556. The highest BCUT2D eigenvalue weighted by molar-refractivity contribution is 14.1. The predicted molar refractivity (Wildman–Crippen MR) is 65.7 cm³/mol. The van der Waals surface area contributed by atoms with Crippen LogP contribution in [0.3, 0.4) is 0 Å². The van der Waals surface area contributed by atoms with E-state index < -0.39 is 0 Å². The van der Waals surface area contributed by atoms with Crippen LogP contribution in [0.15, 0.2) is 4.79 Å². The van der Waals surface area contributed by atoms with E-state index in [1.54, 1.807) is 0 Å². The number of aromatic amines is 1. The minimum atomic E-state index is -0.0747. The van der Waals surface area contributed by atoms with E-state index in [1.165, 1.54) is 0 Å². The molecule has 1 aromatic rings. The number of aromatic nitrogens is 2. The summed E-state index contributed by atoms with van der Waals surface area (Å²) in [6.07, 6.45) is 0.759. The van der Waals surface area contributed by atoms with Gasteiger partial charge in [0.05, 0.1) is 5.69 Å². The van der Waals surface area contributed by atoms with Crippen LogP contribution in [0.2, 0.25) is 0 Å². The predicted octanol–water partition coefficient (Wildman–Crippen LogP) is 2.23. The van der Waals surface area contributed by atoms with Crippen molar-refractivity contribution in [3.8, 4) is 0 Å². The fourth-order valence-corrected chi connectivity index (χ4v) is 2.23. The second-order valence-corrected chi connectivity index (χ2v) is 5.36. The van der Waals surface area contributed by atoms with Crippen LogP contribution in [-0.4, -0.2) is 9.97 Å². The Hall–Kier alpha value is -0.390. The van der Waals surface area contributed by atoms with Gasteiger partial charge in [-0.2, -0.15) is 0 Å². The van der Waals surface area contributed by atoms with Gasteiger partial charge in [0.25, 0.3) is 5.56 Å². The monoisotopic (exact) mass is 306 g/mol. The van der Waals surface area contributed by atoms with Crippen molar-refractivity contribution in [2.75, 3.05) is 0 Å². The number of hydrogen-bond acceptors (Lipinski definition) is 2. The van der Waals surface area contributed by atoms with Gasteiger partial charge in [0.2, 0.25) is 0 Å². The topological polar surface area (TPSA) is 45.8 Å². The molecule has 0 radical (unpaired) electrons. The molecule has 0 amide bonds. The average molecular weight is 306 g/mol. The molecule has 14 heavy (non-hydrogen) atoms. The maximum absolute atomic E-state index is 11.6. The van der Waals surface area contributed by atoms with Gasteiger partial charge in [0, 0.05) is 11.8 Å². The number of rotatable bonds is 1. The van der Waals surface area contributed by atoms with Crippen LogP contribution in [0.5, 0.6) is 0 Å². The molecule has 0 unspecified atom stereocenters. The Morgan fingerprint density at radius 2 is 2.00 bits per heavy atom. The van der Waals surface area contributed by atoms with E-state index in [4.69, 9.17) is 0 Å². The van der Waals surface area contributed by atoms with Crippen molar-refractivity contribution in [3.05, 3.63) is 25.4 Å². The second-order valence-electron chi connectivity index (χ2n) is 4.28. The van der Waals surface area contributed by atoms with Gasteiger partial charge < -0.3 is 4.98 Å². The van der Waals surface area contributed by atoms with E-state index in [9.17, 15) is 4.79 Å². The minimum absolute atomic E-state index is 0.0256. The average Bonchev–Trinajstić information content (AvgIpc) is 2.07. The van der Waals surface area contributed by atoms with E-state index in [0.29, 0.717) is 3.57 Å². The summed E-state index contributed by atoms with van der Waals surface area (Å²) in [5.74, 6) is 0.764. The summed E-state index contributed by atoms with van der Waals surface area (Å²) in [6.45, 7) is 8.18. The Labute approximate surface area is 97.5 Å². The number of H-pyrrole nitrogens is 1. The minimum Gasteiger partial charge on any atom is -0.310 e. The molecule has 1 aromatic heterocycles. The molecule has 3 nitrogen and oxygen atoms in total. The third-order valence-electron chi connectivity index (χ3n) is 1.96. The van der Waals surface area contributed by atoms with Crippen molar-refractivity contribution in [2.45, 2.75) is 39.5 Å². The SMILES string of the molecule is CCc1nc(C(C)(C)C)c(I)c(=O)[nH]1. The molecule has 78 valence electrons. The molecule has 0 saturated carbocycles. The quantitative estimate of drug-likeness (QED) is 0.809. The van der Waals surface area contributed by atoms with Crippen LogP contribution in [0.1, 0.15) is 39.2 Å². The van der Waals surface area contributed by atoms with Crippen molar-refractivity contribution in [3.63, 3.8) is 0 Å². The molecule has 0 atom stereocenters.